The van der Waals surface area contributed by atoms with Crippen molar-refractivity contribution in [1.29, 1.82) is 0 Å². The highest BCUT2D eigenvalue weighted by Crippen LogP contribution is 2.18. The summed E-state index contributed by atoms with van der Waals surface area (Å²) in [6, 6.07) is -0.261. The molecule has 0 radical (unpaired) electrons. The largest absolute Gasteiger partial charge is 0.365 e. The number of aromatic nitrogens is 4. The Morgan fingerprint density at radius 1 is 1.53 bits per heavy atom. The zero-order valence-electron chi connectivity index (χ0n) is 8.90. The number of nitrogens with zero attached hydrogens (tertiary/aromatic N) is 4. The summed E-state index contributed by atoms with van der Waals surface area (Å²) in [5.74, 6) is 0.0802. The summed E-state index contributed by atoms with van der Waals surface area (Å²) >= 11 is 1.15. The molecular formula is C8H11ClN6OS. The SMILES string of the molecule is C[C@H](N)c1ncnn1-c1ncc(C(N)=O)s1.Cl. The summed E-state index contributed by atoms with van der Waals surface area (Å²) in [5.41, 5.74) is 10.9. The Labute approximate surface area is 107 Å². The van der Waals surface area contributed by atoms with E-state index in [1.54, 1.807) is 6.92 Å². The van der Waals surface area contributed by atoms with Crippen LogP contribution >= 0.6 is 23.7 Å². The molecule has 0 unspecified atom stereocenters. The number of thiazole rings is 1. The highest BCUT2D eigenvalue weighted by molar-refractivity contribution is 7.16. The fourth-order valence-electron chi connectivity index (χ4n) is 1.19. The van der Waals surface area contributed by atoms with Gasteiger partial charge in [-0.1, -0.05) is 11.3 Å². The van der Waals surface area contributed by atoms with Gasteiger partial charge in [-0.2, -0.15) is 9.78 Å². The third-order valence-electron chi connectivity index (χ3n) is 1.90. The summed E-state index contributed by atoms with van der Waals surface area (Å²) in [7, 11) is 0. The van der Waals surface area contributed by atoms with Gasteiger partial charge in [-0.3, -0.25) is 4.79 Å². The third-order valence-corrected chi connectivity index (χ3v) is 2.89. The average Bonchev–Trinajstić information content (AvgIpc) is 2.86. The monoisotopic (exact) mass is 274 g/mol. The Morgan fingerprint density at radius 3 is 2.76 bits per heavy atom. The maximum Gasteiger partial charge on any atom is 0.260 e. The zero-order chi connectivity index (χ0) is 11.7. The van der Waals surface area contributed by atoms with Crippen LogP contribution in [-0.4, -0.2) is 25.7 Å². The Morgan fingerprint density at radius 2 is 2.24 bits per heavy atom. The van der Waals surface area contributed by atoms with Crippen LogP contribution in [0.4, 0.5) is 0 Å². The molecule has 9 heteroatoms. The summed E-state index contributed by atoms with van der Waals surface area (Å²) < 4.78 is 1.50. The highest BCUT2D eigenvalue weighted by Gasteiger charge is 2.14. The van der Waals surface area contributed by atoms with Crippen molar-refractivity contribution in [3.05, 3.63) is 23.2 Å². The van der Waals surface area contributed by atoms with Gasteiger partial charge >= 0.3 is 0 Å². The third kappa shape index (κ3) is 2.60. The second-order valence-corrected chi connectivity index (χ2v) is 4.20. The first-order valence-corrected chi connectivity index (χ1v) is 5.32. The van der Waals surface area contributed by atoms with E-state index in [1.165, 1.54) is 17.2 Å². The second kappa shape index (κ2) is 5.21. The van der Waals surface area contributed by atoms with E-state index >= 15 is 0 Å². The minimum atomic E-state index is -0.508. The standard InChI is InChI=1S/C8H10N6OS.ClH/c1-4(9)7-12-3-13-14(7)8-11-2-5(16-8)6(10)15;/h2-4H,9H2,1H3,(H2,10,15);1H/t4-;/m0./s1. The minimum Gasteiger partial charge on any atom is -0.365 e. The molecule has 1 atom stereocenters. The van der Waals surface area contributed by atoms with Crippen molar-refractivity contribution in [2.24, 2.45) is 11.5 Å². The Hall–Kier alpha value is -1.51. The lowest BCUT2D eigenvalue weighted by Gasteiger charge is -2.04. The number of primary amides is 1. The van der Waals surface area contributed by atoms with Gasteiger partial charge in [0.2, 0.25) is 5.13 Å². The molecule has 0 saturated heterocycles. The van der Waals surface area contributed by atoms with Gasteiger partial charge in [0, 0.05) is 0 Å². The smallest absolute Gasteiger partial charge is 0.260 e. The lowest BCUT2D eigenvalue weighted by Crippen LogP contribution is -2.13. The van der Waals surface area contributed by atoms with Gasteiger partial charge < -0.3 is 11.5 Å². The van der Waals surface area contributed by atoms with E-state index in [2.05, 4.69) is 15.1 Å². The Bertz CT molecular complexity index is 522. The van der Waals surface area contributed by atoms with Gasteiger partial charge in [0.15, 0.2) is 5.82 Å². The van der Waals surface area contributed by atoms with Gasteiger partial charge in [-0.05, 0) is 6.92 Å². The minimum absolute atomic E-state index is 0. The molecular weight excluding hydrogens is 264 g/mol. The molecule has 2 aromatic rings. The number of hydrogen-bond acceptors (Lipinski definition) is 6. The molecule has 0 aliphatic carbocycles. The maximum atomic E-state index is 10.9. The Kier molecular flexibility index (Phi) is 4.16. The number of halogens is 1. The van der Waals surface area contributed by atoms with E-state index < -0.39 is 5.91 Å². The predicted molar refractivity (Wildman–Crippen MR) is 65.4 cm³/mol. The van der Waals surface area contributed by atoms with Crippen LogP contribution in [0.5, 0.6) is 0 Å². The fourth-order valence-corrected chi connectivity index (χ4v) is 1.92. The molecule has 2 aromatic heterocycles. The molecule has 0 aliphatic rings. The van der Waals surface area contributed by atoms with Crippen LogP contribution in [-0.2, 0) is 0 Å². The average molecular weight is 275 g/mol. The molecule has 0 spiro atoms. The molecule has 4 N–H and O–H groups in total. The van der Waals surface area contributed by atoms with Crippen molar-refractivity contribution in [2.45, 2.75) is 13.0 Å². The first-order chi connectivity index (χ1) is 7.59. The molecule has 17 heavy (non-hydrogen) atoms. The molecule has 2 heterocycles. The number of hydrogen-bond donors (Lipinski definition) is 2. The van der Waals surface area contributed by atoms with E-state index in [9.17, 15) is 4.79 Å². The van der Waals surface area contributed by atoms with E-state index in [0.29, 0.717) is 15.8 Å². The topological polar surface area (TPSA) is 113 Å². The maximum absolute atomic E-state index is 10.9. The number of carbonyl (C=O) groups is 1. The summed E-state index contributed by atoms with van der Waals surface area (Å²) in [6.45, 7) is 1.79. The van der Waals surface area contributed by atoms with Gasteiger partial charge in [-0.15, -0.1) is 12.4 Å². The second-order valence-electron chi connectivity index (χ2n) is 3.19. The number of amides is 1. The lowest BCUT2D eigenvalue weighted by molar-refractivity contribution is 0.100. The molecule has 0 saturated carbocycles. The van der Waals surface area contributed by atoms with Gasteiger partial charge in [0.05, 0.1) is 12.2 Å². The molecule has 0 fully saturated rings. The van der Waals surface area contributed by atoms with Crippen LogP contribution in [0.3, 0.4) is 0 Å². The van der Waals surface area contributed by atoms with Crippen LogP contribution in [0.15, 0.2) is 12.5 Å². The normalized spacial score (nSPS) is 11.9. The van der Waals surface area contributed by atoms with Crippen molar-refractivity contribution in [3.8, 4) is 5.13 Å². The lowest BCUT2D eigenvalue weighted by atomic mass is 10.3. The quantitative estimate of drug-likeness (QED) is 0.834. The molecule has 2 rings (SSSR count). The van der Waals surface area contributed by atoms with E-state index in [1.807, 2.05) is 0 Å². The molecule has 92 valence electrons. The summed E-state index contributed by atoms with van der Waals surface area (Å²) in [5, 5.41) is 4.53. The number of rotatable bonds is 3. The van der Waals surface area contributed by atoms with Crippen LogP contribution in [0.25, 0.3) is 5.13 Å². The van der Waals surface area contributed by atoms with Crippen molar-refractivity contribution < 1.29 is 4.79 Å². The van der Waals surface area contributed by atoms with Crippen molar-refractivity contribution in [2.75, 3.05) is 0 Å². The summed E-state index contributed by atoms with van der Waals surface area (Å²) in [4.78, 5) is 19.4. The van der Waals surface area contributed by atoms with E-state index in [0.717, 1.165) is 11.3 Å². The highest BCUT2D eigenvalue weighted by atomic mass is 35.5. The molecule has 1 amide bonds. The molecule has 0 aliphatic heterocycles. The zero-order valence-corrected chi connectivity index (χ0v) is 10.5. The van der Waals surface area contributed by atoms with E-state index in [-0.39, 0.29) is 18.4 Å². The molecule has 0 bridgehead atoms. The fraction of sp³-hybridized carbons (Fsp3) is 0.250. The van der Waals surface area contributed by atoms with Gasteiger partial charge in [0.25, 0.3) is 5.91 Å². The first-order valence-electron chi connectivity index (χ1n) is 4.51. The first kappa shape index (κ1) is 13.6. The van der Waals surface area contributed by atoms with Crippen LogP contribution in [0.2, 0.25) is 0 Å². The number of nitrogens with two attached hydrogens (primary N) is 2. The van der Waals surface area contributed by atoms with Gasteiger partial charge in [-0.25, -0.2) is 9.97 Å². The van der Waals surface area contributed by atoms with Crippen LogP contribution in [0, 0.1) is 0 Å². The Balaban J connectivity index is 0.00000144. The predicted octanol–water partition coefficient (Wildman–Crippen LogP) is 0.264. The molecule has 7 nitrogen and oxygen atoms in total. The van der Waals surface area contributed by atoms with Gasteiger partial charge in [0.1, 0.15) is 11.2 Å². The van der Waals surface area contributed by atoms with Crippen molar-refractivity contribution >= 4 is 29.7 Å². The number of carbonyl (C=O) groups excluding carboxylic acids is 1. The molecule has 0 aromatic carbocycles. The van der Waals surface area contributed by atoms with E-state index in [4.69, 9.17) is 11.5 Å². The van der Waals surface area contributed by atoms with Crippen LogP contribution < -0.4 is 11.5 Å². The van der Waals surface area contributed by atoms with Crippen molar-refractivity contribution in [1.82, 2.24) is 19.7 Å². The van der Waals surface area contributed by atoms with Crippen molar-refractivity contribution in [3.63, 3.8) is 0 Å². The van der Waals surface area contributed by atoms with Crippen LogP contribution in [0.1, 0.15) is 28.5 Å². The summed E-state index contributed by atoms with van der Waals surface area (Å²) in [6.07, 6.45) is 2.80.